The Balaban J connectivity index is 3.04. The third-order valence-electron chi connectivity index (χ3n) is 2.58. The van der Waals surface area contributed by atoms with Crippen molar-refractivity contribution in [1.82, 2.24) is 0 Å². The van der Waals surface area contributed by atoms with E-state index in [4.69, 9.17) is 20.2 Å². The first-order valence-electron chi connectivity index (χ1n) is 6.20. The number of benzene rings is 1. The average molecular weight is 400 g/mol. The van der Waals surface area contributed by atoms with Crippen LogP contribution in [0.1, 0.15) is 29.8 Å². The summed E-state index contributed by atoms with van der Waals surface area (Å²) in [6, 6.07) is 2.72. The molecule has 0 radical (unpaired) electrons. The van der Waals surface area contributed by atoms with Crippen molar-refractivity contribution >= 4 is 41.6 Å². The number of ether oxygens (including phenoxy) is 2. The topological polar surface area (TPSA) is 69.7 Å². The molecule has 21 heavy (non-hydrogen) atoms. The van der Waals surface area contributed by atoms with Gasteiger partial charge in [0.1, 0.15) is 6.10 Å². The molecule has 0 aliphatic heterocycles. The molecule has 118 valence electrons. The lowest BCUT2D eigenvalue weighted by molar-refractivity contribution is 0.00436. The normalized spacial score (nSPS) is 13.0. The second kappa shape index (κ2) is 7.58. The van der Waals surface area contributed by atoms with Crippen LogP contribution in [-0.2, 0) is 18.5 Å². The lowest BCUT2D eigenvalue weighted by atomic mass is 10.1. The highest BCUT2D eigenvalue weighted by Gasteiger charge is 2.21. The van der Waals surface area contributed by atoms with Crippen LogP contribution >= 0.6 is 26.6 Å². The molecule has 0 fully saturated rings. The number of carbonyl (C=O) groups is 1. The van der Waals surface area contributed by atoms with Crippen LogP contribution in [0.2, 0.25) is 0 Å². The van der Waals surface area contributed by atoms with Crippen molar-refractivity contribution < 1.29 is 22.7 Å². The maximum atomic E-state index is 12.0. The van der Waals surface area contributed by atoms with Gasteiger partial charge < -0.3 is 9.47 Å². The molecule has 0 saturated carbocycles. The first-order valence-corrected chi connectivity index (χ1v) is 9.30. The van der Waals surface area contributed by atoms with E-state index in [1.807, 2.05) is 6.92 Å². The Hall–Kier alpha value is -0.630. The first kappa shape index (κ1) is 18.4. The number of carbonyl (C=O) groups excluding carboxylic acids is 1. The molecule has 1 rings (SSSR count). The van der Waals surface area contributed by atoms with E-state index in [2.05, 4.69) is 15.9 Å². The van der Waals surface area contributed by atoms with Gasteiger partial charge in [-0.15, -0.1) is 0 Å². The molecular weight excluding hydrogens is 384 g/mol. The van der Waals surface area contributed by atoms with E-state index < -0.39 is 21.1 Å². The summed E-state index contributed by atoms with van der Waals surface area (Å²) in [6.07, 6.45) is -0.433. The third kappa shape index (κ3) is 5.25. The van der Waals surface area contributed by atoms with Crippen LogP contribution in [0.5, 0.6) is 0 Å². The molecule has 5 nitrogen and oxygen atoms in total. The predicted octanol–water partition coefficient (Wildman–Crippen LogP) is 3.27. The van der Waals surface area contributed by atoms with Crippen molar-refractivity contribution in [2.45, 2.75) is 31.8 Å². The SMILES string of the molecule is CCOCC(C)OC(=O)c1cc(C)c(Br)c(S(=O)(=O)Cl)c1. The molecule has 0 aliphatic carbocycles. The van der Waals surface area contributed by atoms with Gasteiger partial charge in [-0.25, -0.2) is 13.2 Å². The summed E-state index contributed by atoms with van der Waals surface area (Å²) in [4.78, 5) is 11.9. The van der Waals surface area contributed by atoms with Crippen LogP contribution in [0, 0.1) is 6.92 Å². The predicted molar refractivity (Wildman–Crippen MR) is 83.3 cm³/mol. The number of halogens is 2. The fraction of sp³-hybridized carbons (Fsp3) is 0.462. The molecule has 8 heteroatoms. The molecule has 0 spiro atoms. The van der Waals surface area contributed by atoms with Gasteiger partial charge in [0, 0.05) is 21.8 Å². The van der Waals surface area contributed by atoms with Gasteiger partial charge in [-0.3, -0.25) is 0 Å². The number of hydrogen-bond acceptors (Lipinski definition) is 5. The van der Waals surface area contributed by atoms with Crippen molar-refractivity contribution in [3.05, 3.63) is 27.7 Å². The van der Waals surface area contributed by atoms with Crippen LogP contribution in [0.15, 0.2) is 21.5 Å². The lowest BCUT2D eigenvalue weighted by Crippen LogP contribution is -2.20. The minimum Gasteiger partial charge on any atom is -0.457 e. The van der Waals surface area contributed by atoms with Gasteiger partial charge in [0.25, 0.3) is 9.05 Å². The Bertz CT molecular complexity index is 630. The molecule has 1 aromatic carbocycles. The lowest BCUT2D eigenvalue weighted by Gasteiger charge is -2.14. The highest BCUT2D eigenvalue weighted by Crippen LogP contribution is 2.30. The van der Waals surface area contributed by atoms with Gasteiger partial charge in [-0.1, -0.05) is 0 Å². The van der Waals surface area contributed by atoms with Crippen LogP contribution in [0.4, 0.5) is 0 Å². The second-order valence-corrected chi connectivity index (χ2v) is 7.75. The fourth-order valence-corrected chi connectivity index (χ4v) is 3.76. The molecule has 1 atom stereocenters. The molecule has 0 amide bonds. The van der Waals surface area contributed by atoms with E-state index in [0.717, 1.165) is 0 Å². The number of esters is 1. The summed E-state index contributed by atoms with van der Waals surface area (Å²) in [5, 5.41) is 0. The Morgan fingerprint density at radius 2 is 2.05 bits per heavy atom. The zero-order chi connectivity index (χ0) is 16.2. The molecule has 0 aromatic heterocycles. The van der Waals surface area contributed by atoms with Crippen LogP contribution < -0.4 is 0 Å². The molecule has 0 N–H and O–H groups in total. The maximum absolute atomic E-state index is 12.0. The van der Waals surface area contributed by atoms with Crippen LogP contribution in [-0.4, -0.2) is 33.7 Å². The van der Waals surface area contributed by atoms with E-state index in [9.17, 15) is 13.2 Å². The van der Waals surface area contributed by atoms with E-state index in [1.54, 1.807) is 13.8 Å². The van der Waals surface area contributed by atoms with Crippen LogP contribution in [0.25, 0.3) is 0 Å². The van der Waals surface area contributed by atoms with Crippen molar-refractivity contribution in [3.8, 4) is 0 Å². The van der Waals surface area contributed by atoms with E-state index in [1.165, 1.54) is 12.1 Å². The number of hydrogen-bond donors (Lipinski definition) is 0. The molecule has 0 aliphatic rings. The zero-order valence-electron chi connectivity index (χ0n) is 11.9. The molecule has 0 bridgehead atoms. The standard InChI is InChI=1S/C13H16BrClO5S/c1-4-19-7-9(3)20-13(16)10-5-8(2)12(14)11(6-10)21(15,17)18/h5-6,9H,4,7H2,1-3H3. The second-order valence-electron chi connectivity index (χ2n) is 4.42. The highest BCUT2D eigenvalue weighted by molar-refractivity contribution is 9.10. The third-order valence-corrected chi connectivity index (χ3v) is 5.25. The van der Waals surface area contributed by atoms with Crippen molar-refractivity contribution in [1.29, 1.82) is 0 Å². The minimum atomic E-state index is -3.96. The smallest absolute Gasteiger partial charge is 0.338 e. The Kier molecular flexibility index (Phi) is 6.65. The van der Waals surface area contributed by atoms with Crippen molar-refractivity contribution in [2.24, 2.45) is 0 Å². The van der Waals surface area contributed by atoms with Gasteiger partial charge >= 0.3 is 5.97 Å². The van der Waals surface area contributed by atoms with Crippen molar-refractivity contribution in [2.75, 3.05) is 13.2 Å². The number of rotatable bonds is 6. The van der Waals surface area contributed by atoms with Gasteiger partial charge in [0.15, 0.2) is 0 Å². The van der Waals surface area contributed by atoms with E-state index in [-0.39, 0.29) is 17.1 Å². The van der Waals surface area contributed by atoms with Gasteiger partial charge in [-0.05, 0) is 54.4 Å². The quantitative estimate of drug-likeness (QED) is 0.542. The largest absolute Gasteiger partial charge is 0.457 e. The molecular formula is C13H16BrClO5S. The van der Waals surface area contributed by atoms with Crippen LogP contribution in [0.3, 0.4) is 0 Å². The van der Waals surface area contributed by atoms with Gasteiger partial charge in [-0.2, -0.15) is 0 Å². The van der Waals surface area contributed by atoms with Gasteiger partial charge in [0.05, 0.1) is 17.1 Å². The Morgan fingerprint density at radius 1 is 1.43 bits per heavy atom. The molecule has 1 aromatic rings. The fourth-order valence-electron chi connectivity index (χ4n) is 1.60. The van der Waals surface area contributed by atoms with Crippen molar-refractivity contribution in [3.63, 3.8) is 0 Å². The van der Waals surface area contributed by atoms with E-state index in [0.29, 0.717) is 16.6 Å². The average Bonchev–Trinajstić information content (AvgIpc) is 2.37. The summed E-state index contributed by atoms with van der Waals surface area (Å²) < 4.78 is 33.7. The molecule has 1 unspecified atom stereocenters. The summed E-state index contributed by atoms with van der Waals surface area (Å²) in [6.45, 7) is 5.99. The monoisotopic (exact) mass is 398 g/mol. The Labute approximate surface area is 137 Å². The van der Waals surface area contributed by atoms with Gasteiger partial charge in [0.2, 0.25) is 0 Å². The van der Waals surface area contributed by atoms with E-state index >= 15 is 0 Å². The summed E-state index contributed by atoms with van der Waals surface area (Å²) in [7, 11) is 1.40. The first-order chi connectivity index (χ1) is 9.66. The summed E-state index contributed by atoms with van der Waals surface area (Å²) in [5.41, 5.74) is 0.694. The summed E-state index contributed by atoms with van der Waals surface area (Å²) >= 11 is 3.15. The Morgan fingerprint density at radius 3 is 2.57 bits per heavy atom. The summed E-state index contributed by atoms with van der Waals surface area (Å²) in [5.74, 6) is -0.626. The zero-order valence-corrected chi connectivity index (χ0v) is 15.0. The highest BCUT2D eigenvalue weighted by atomic mass is 79.9. The molecule has 0 saturated heterocycles. The molecule has 0 heterocycles. The number of aryl methyl sites for hydroxylation is 1. The minimum absolute atomic E-state index is 0.123. The maximum Gasteiger partial charge on any atom is 0.338 e.